The highest BCUT2D eigenvalue weighted by molar-refractivity contribution is 5.86. The molecule has 0 radical (unpaired) electrons. The molecule has 0 unspecified atom stereocenters. The van der Waals surface area contributed by atoms with Gasteiger partial charge in [-0.15, -0.1) is 0 Å². The van der Waals surface area contributed by atoms with Crippen molar-refractivity contribution in [2.75, 3.05) is 12.4 Å². The molecule has 0 aliphatic rings. The lowest BCUT2D eigenvalue weighted by molar-refractivity contribution is 0.111. The number of anilines is 1. The fourth-order valence-corrected chi connectivity index (χ4v) is 2.13. The Morgan fingerprint density at radius 1 is 1.10 bits per heavy atom. The second-order valence-corrected chi connectivity index (χ2v) is 4.45. The fraction of sp³-hybridized carbons (Fsp3) is 0.0625. The summed E-state index contributed by atoms with van der Waals surface area (Å²) in [5.41, 5.74) is 3.99. The Hall–Kier alpha value is -2.75. The molecule has 0 fully saturated rings. The van der Waals surface area contributed by atoms with Gasteiger partial charge in [-0.2, -0.15) is 0 Å². The molecule has 2 aromatic carbocycles. The van der Waals surface area contributed by atoms with Crippen molar-refractivity contribution in [3.8, 4) is 11.1 Å². The van der Waals surface area contributed by atoms with Crippen LogP contribution in [0.15, 0.2) is 48.7 Å². The Balaban J connectivity index is 2.13. The monoisotopic (exact) mass is 263 g/mol. The van der Waals surface area contributed by atoms with Crippen LogP contribution >= 0.6 is 0 Å². The summed E-state index contributed by atoms with van der Waals surface area (Å²) < 4.78 is 0. The maximum absolute atomic E-state index is 10.8. The quantitative estimate of drug-likeness (QED) is 0.737. The Kier molecular flexibility index (Phi) is 3.13. The first-order valence-corrected chi connectivity index (χ1v) is 6.30. The Bertz CT molecular complexity index is 784. The van der Waals surface area contributed by atoms with E-state index in [-0.39, 0.29) is 5.82 Å². The van der Waals surface area contributed by atoms with E-state index in [4.69, 9.17) is 0 Å². The number of aldehydes is 1. The third-order valence-corrected chi connectivity index (χ3v) is 3.19. The molecule has 0 bridgehead atoms. The summed E-state index contributed by atoms with van der Waals surface area (Å²) in [6.45, 7) is 0. The summed E-state index contributed by atoms with van der Waals surface area (Å²) in [7, 11) is 1.89. The Labute approximate surface area is 116 Å². The summed E-state index contributed by atoms with van der Waals surface area (Å²) >= 11 is 0. The lowest BCUT2D eigenvalue weighted by Gasteiger charge is -2.06. The zero-order valence-corrected chi connectivity index (χ0v) is 11.0. The molecule has 0 saturated carbocycles. The molecule has 1 N–H and O–H groups in total. The Morgan fingerprint density at radius 2 is 1.95 bits per heavy atom. The van der Waals surface area contributed by atoms with E-state index < -0.39 is 0 Å². The van der Waals surface area contributed by atoms with Crippen LogP contribution in [-0.2, 0) is 0 Å². The molecule has 4 heteroatoms. The number of aromatic nitrogens is 2. The summed E-state index contributed by atoms with van der Waals surface area (Å²) in [6.07, 6.45) is 2.33. The van der Waals surface area contributed by atoms with Gasteiger partial charge in [-0.05, 0) is 29.3 Å². The van der Waals surface area contributed by atoms with E-state index in [1.165, 1.54) is 0 Å². The van der Waals surface area contributed by atoms with Gasteiger partial charge >= 0.3 is 0 Å². The molecule has 20 heavy (non-hydrogen) atoms. The summed E-state index contributed by atoms with van der Waals surface area (Å²) in [6, 6.07) is 14.1. The summed E-state index contributed by atoms with van der Waals surface area (Å²) in [5.74, 6) is 0.207. The van der Waals surface area contributed by atoms with Crippen molar-refractivity contribution in [3.63, 3.8) is 0 Å². The molecule has 3 aromatic rings. The smallest absolute Gasteiger partial charge is 0.193 e. The van der Waals surface area contributed by atoms with Crippen LogP contribution in [0.1, 0.15) is 10.6 Å². The van der Waals surface area contributed by atoms with Crippen molar-refractivity contribution in [2.45, 2.75) is 0 Å². The second kappa shape index (κ2) is 5.09. The SMILES string of the molecule is CNc1cccc(-c2ccc3cnc(C=O)nc3c2)c1. The zero-order valence-electron chi connectivity index (χ0n) is 11.0. The van der Waals surface area contributed by atoms with Gasteiger partial charge in [0, 0.05) is 24.3 Å². The van der Waals surface area contributed by atoms with Crippen LogP contribution in [0.3, 0.4) is 0 Å². The van der Waals surface area contributed by atoms with Crippen LogP contribution in [0, 0.1) is 0 Å². The van der Waals surface area contributed by atoms with Crippen LogP contribution in [0.2, 0.25) is 0 Å². The predicted molar refractivity (Wildman–Crippen MR) is 79.9 cm³/mol. The fourth-order valence-electron chi connectivity index (χ4n) is 2.13. The molecule has 4 nitrogen and oxygen atoms in total. The Morgan fingerprint density at radius 3 is 2.75 bits per heavy atom. The molecular weight excluding hydrogens is 250 g/mol. The number of fused-ring (bicyclic) bond motifs is 1. The van der Waals surface area contributed by atoms with Crippen molar-refractivity contribution >= 4 is 22.9 Å². The van der Waals surface area contributed by atoms with Gasteiger partial charge in [0.15, 0.2) is 12.1 Å². The zero-order chi connectivity index (χ0) is 13.9. The number of benzene rings is 2. The molecule has 0 amide bonds. The first-order chi connectivity index (χ1) is 9.80. The number of hydrogen-bond acceptors (Lipinski definition) is 4. The number of carbonyl (C=O) groups is 1. The number of carbonyl (C=O) groups excluding carboxylic acids is 1. The first kappa shape index (κ1) is 12.3. The summed E-state index contributed by atoms with van der Waals surface area (Å²) in [5, 5.41) is 4.04. The van der Waals surface area contributed by atoms with E-state index in [1.807, 2.05) is 43.4 Å². The van der Waals surface area contributed by atoms with E-state index in [2.05, 4.69) is 21.4 Å². The first-order valence-electron chi connectivity index (χ1n) is 6.30. The van der Waals surface area contributed by atoms with Crippen LogP contribution in [-0.4, -0.2) is 23.3 Å². The number of nitrogens with zero attached hydrogens (tertiary/aromatic N) is 2. The van der Waals surface area contributed by atoms with Crippen LogP contribution in [0.4, 0.5) is 5.69 Å². The molecule has 0 atom stereocenters. The molecule has 98 valence electrons. The minimum Gasteiger partial charge on any atom is -0.388 e. The van der Waals surface area contributed by atoms with Gasteiger partial charge in [0.1, 0.15) is 0 Å². The molecule has 1 aromatic heterocycles. The van der Waals surface area contributed by atoms with Crippen LogP contribution in [0.25, 0.3) is 22.0 Å². The van der Waals surface area contributed by atoms with Gasteiger partial charge in [-0.3, -0.25) is 4.79 Å². The third kappa shape index (κ3) is 2.23. The van der Waals surface area contributed by atoms with Crippen molar-refractivity contribution in [1.82, 2.24) is 9.97 Å². The maximum atomic E-state index is 10.8. The predicted octanol–water partition coefficient (Wildman–Crippen LogP) is 3.15. The van der Waals surface area contributed by atoms with Crippen molar-refractivity contribution in [3.05, 3.63) is 54.5 Å². The molecule has 0 aliphatic carbocycles. The average Bonchev–Trinajstić information content (AvgIpc) is 2.53. The molecule has 0 spiro atoms. The van der Waals surface area contributed by atoms with Crippen LogP contribution < -0.4 is 5.32 Å². The van der Waals surface area contributed by atoms with Gasteiger partial charge in [0.2, 0.25) is 0 Å². The van der Waals surface area contributed by atoms with Gasteiger partial charge < -0.3 is 5.32 Å². The van der Waals surface area contributed by atoms with Crippen molar-refractivity contribution < 1.29 is 4.79 Å². The highest BCUT2D eigenvalue weighted by atomic mass is 16.1. The highest BCUT2D eigenvalue weighted by Gasteiger charge is 2.03. The van der Waals surface area contributed by atoms with Gasteiger partial charge in [-0.25, -0.2) is 9.97 Å². The highest BCUT2D eigenvalue weighted by Crippen LogP contribution is 2.25. The molecular formula is C16H13N3O. The lowest BCUT2D eigenvalue weighted by Crippen LogP contribution is -1.93. The molecule has 1 heterocycles. The van der Waals surface area contributed by atoms with E-state index in [0.717, 1.165) is 27.7 Å². The van der Waals surface area contributed by atoms with Crippen molar-refractivity contribution in [1.29, 1.82) is 0 Å². The van der Waals surface area contributed by atoms with E-state index >= 15 is 0 Å². The lowest BCUT2D eigenvalue weighted by atomic mass is 10.0. The molecule has 0 aliphatic heterocycles. The van der Waals surface area contributed by atoms with Gasteiger partial charge in [0.25, 0.3) is 0 Å². The maximum Gasteiger partial charge on any atom is 0.193 e. The van der Waals surface area contributed by atoms with E-state index in [0.29, 0.717) is 6.29 Å². The van der Waals surface area contributed by atoms with E-state index in [1.54, 1.807) is 6.20 Å². The largest absolute Gasteiger partial charge is 0.388 e. The third-order valence-electron chi connectivity index (χ3n) is 3.19. The van der Waals surface area contributed by atoms with Crippen LogP contribution in [0.5, 0.6) is 0 Å². The van der Waals surface area contributed by atoms with Gasteiger partial charge in [-0.1, -0.05) is 24.3 Å². The molecule has 3 rings (SSSR count). The second-order valence-electron chi connectivity index (χ2n) is 4.45. The van der Waals surface area contributed by atoms with Crippen molar-refractivity contribution in [2.24, 2.45) is 0 Å². The number of nitrogens with one attached hydrogen (secondary N) is 1. The van der Waals surface area contributed by atoms with E-state index in [9.17, 15) is 4.79 Å². The average molecular weight is 263 g/mol. The minimum absolute atomic E-state index is 0.207. The topological polar surface area (TPSA) is 54.9 Å². The molecule has 0 saturated heterocycles. The number of rotatable bonds is 3. The van der Waals surface area contributed by atoms with Gasteiger partial charge in [0.05, 0.1) is 5.52 Å². The minimum atomic E-state index is 0.207. The standard InChI is InChI=1S/C16H13N3O/c1-17-14-4-2-3-11(7-14)12-5-6-13-9-18-16(10-20)19-15(13)8-12/h2-10,17H,1H3. The number of hydrogen-bond donors (Lipinski definition) is 1. The normalized spacial score (nSPS) is 10.4. The summed E-state index contributed by atoms with van der Waals surface area (Å²) in [4.78, 5) is 18.9.